The fourth-order valence-corrected chi connectivity index (χ4v) is 2.24. The lowest BCUT2D eigenvalue weighted by Gasteiger charge is -2.15. The number of hydrogen-bond donors (Lipinski definition) is 0. The molecule has 1 fully saturated rings. The molecule has 0 N–H and O–H groups in total. The molecular formula is C13H12F2N2O4. The van der Waals surface area contributed by atoms with Crippen LogP contribution >= 0.6 is 0 Å². The van der Waals surface area contributed by atoms with Gasteiger partial charge in [0.05, 0.1) is 16.6 Å². The van der Waals surface area contributed by atoms with Crippen LogP contribution in [0.2, 0.25) is 0 Å². The van der Waals surface area contributed by atoms with Crippen molar-refractivity contribution in [3.8, 4) is 0 Å². The van der Waals surface area contributed by atoms with Gasteiger partial charge in [-0.3, -0.25) is 24.6 Å². The molecule has 1 heterocycles. The predicted molar refractivity (Wildman–Crippen MR) is 67.5 cm³/mol. The smallest absolute Gasteiger partial charge is 0.278 e. The Morgan fingerprint density at radius 2 is 2.10 bits per heavy atom. The maximum absolute atomic E-state index is 13.8. The summed E-state index contributed by atoms with van der Waals surface area (Å²) in [4.78, 5) is 34.1. The van der Waals surface area contributed by atoms with Gasteiger partial charge in [-0.15, -0.1) is 0 Å². The minimum absolute atomic E-state index is 0.00703. The van der Waals surface area contributed by atoms with Crippen LogP contribution in [0.5, 0.6) is 0 Å². The van der Waals surface area contributed by atoms with Gasteiger partial charge in [0, 0.05) is 13.0 Å². The summed E-state index contributed by atoms with van der Waals surface area (Å²) in [5.74, 6) is -3.97. The Morgan fingerprint density at radius 1 is 1.43 bits per heavy atom. The van der Waals surface area contributed by atoms with Crippen molar-refractivity contribution in [1.29, 1.82) is 0 Å². The van der Waals surface area contributed by atoms with Crippen molar-refractivity contribution in [3.05, 3.63) is 39.4 Å². The normalized spacial score (nSPS) is 18.1. The summed E-state index contributed by atoms with van der Waals surface area (Å²) < 4.78 is 27.3. The highest BCUT2D eigenvalue weighted by atomic mass is 19.1. The lowest BCUT2D eigenvalue weighted by atomic mass is 10.1. The number of hydrogen-bond acceptors (Lipinski definition) is 4. The number of nitrogens with zero attached hydrogens (tertiary/aromatic N) is 2. The molecular weight excluding hydrogens is 286 g/mol. The van der Waals surface area contributed by atoms with Crippen LogP contribution in [0.1, 0.15) is 30.1 Å². The third kappa shape index (κ3) is 2.74. The zero-order valence-corrected chi connectivity index (χ0v) is 11.1. The standard InChI is InChI=1S/C13H12F2N2O4/c1-2-7-3-12(18)16(6-7)13(19)8-4-10(15)11(17(20)21)5-9(8)14/h4-5,7H,2-3,6H2,1H3. The van der Waals surface area contributed by atoms with Crippen molar-refractivity contribution in [2.45, 2.75) is 19.8 Å². The minimum atomic E-state index is -1.32. The average molecular weight is 298 g/mol. The van der Waals surface area contributed by atoms with Crippen molar-refractivity contribution in [2.75, 3.05) is 6.54 Å². The van der Waals surface area contributed by atoms with Gasteiger partial charge in [-0.2, -0.15) is 4.39 Å². The van der Waals surface area contributed by atoms with E-state index in [9.17, 15) is 28.5 Å². The van der Waals surface area contributed by atoms with Gasteiger partial charge in [0.1, 0.15) is 5.82 Å². The first-order valence-corrected chi connectivity index (χ1v) is 6.33. The zero-order chi connectivity index (χ0) is 15.7. The van der Waals surface area contributed by atoms with E-state index >= 15 is 0 Å². The summed E-state index contributed by atoms with van der Waals surface area (Å²) >= 11 is 0. The molecule has 0 spiro atoms. The number of nitro groups is 1. The molecule has 112 valence electrons. The topological polar surface area (TPSA) is 80.5 Å². The molecule has 0 saturated carbocycles. The zero-order valence-electron chi connectivity index (χ0n) is 11.1. The molecule has 1 unspecified atom stereocenters. The number of halogens is 2. The highest BCUT2D eigenvalue weighted by Gasteiger charge is 2.35. The van der Waals surface area contributed by atoms with Crippen LogP contribution < -0.4 is 0 Å². The predicted octanol–water partition coefficient (Wildman–Crippen LogP) is 2.27. The molecule has 6 nitrogen and oxygen atoms in total. The monoisotopic (exact) mass is 298 g/mol. The van der Waals surface area contributed by atoms with Crippen LogP contribution in [0.3, 0.4) is 0 Å². The number of carbonyl (C=O) groups is 2. The number of rotatable bonds is 3. The van der Waals surface area contributed by atoms with Crippen molar-refractivity contribution in [1.82, 2.24) is 4.90 Å². The lowest BCUT2D eigenvalue weighted by Crippen LogP contribution is -2.33. The number of nitro benzene ring substituents is 1. The molecule has 2 amide bonds. The van der Waals surface area contributed by atoms with E-state index in [-0.39, 0.29) is 18.9 Å². The van der Waals surface area contributed by atoms with Gasteiger partial charge in [-0.1, -0.05) is 13.3 Å². The Bertz CT molecular complexity index is 633. The second-order valence-electron chi connectivity index (χ2n) is 4.83. The highest BCUT2D eigenvalue weighted by molar-refractivity contribution is 6.06. The molecule has 0 aliphatic carbocycles. The van der Waals surface area contributed by atoms with Crippen molar-refractivity contribution in [3.63, 3.8) is 0 Å². The molecule has 1 saturated heterocycles. The van der Waals surface area contributed by atoms with E-state index in [0.29, 0.717) is 18.6 Å². The van der Waals surface area contributed by atoms with Crippen LogP contribution in [-0.2, 0) is 4.79 Å². The number of benzene rings is 1. The summed E-state index contributed by atoms with van der Waals surface area (Å²) in [5.41, 5.74) is -1.73. The molecule has 1 aliphatic heterocycles. The van der Waals surface area contributed by atoms with Crippen LogP contribution in [-0.4, -0.2) is 28.2 Å². The third-order valence-corrected chi connectivity index (χ3v) is 3.49. The first kappa shape index (κ1) is 15.0. The largest absolute Gasteiger partial charge is 0.307 e. The average Bonchev–Trinajstić information content (AvgIpc) is 2.81. The summed E-state index contributed by atoms with van der Waals surface area (Å²) in [5, 5.41) is 10.5. The van der Waals surface area contributed by atoms with Crippen molar-refractivity contribution in [2.24, 2.45) is 5.92 Å². The van der Waals surface area contributed by atoms with E-state index in [1.165, 1.54) is 0 Å². The number of amides is 2. The minimum Gasteiger partial charge on any atom is -0.278 e. The highest BCUT2D eigenvalue weighted by Crippen LogP contribution is 2.26. The van der Waals surface area contributed by atoms with E-state index < -0.39 is 39.6 Å². The third-order valence-electron chi connectivity index (χ3n) is 3.49. The molecule has 21 heavy (non-hydrogen) atoms. The van der Waals surface area contributed by atoms with Crippen LogP contribution in [0.4, 0.5) is 14.5 Å². The Labute approximate surface area is 118 Å². The van der Waals surface area contributed by atoms with E-state index in [4.69, 9.17) is 0 Å². The summed E-state index contributed by atoms with van der Waals surface area (Å²) in [7, 11) is 0. The van der Waals surface area contributed by atoms with Crippen LogP contribution in [0.15, 0.2) is 12.1 Å². The van der Waals surface area contributed by atoms with Crippen molar-refractivity contribution < 1.29 is 23.3 Å². The molecule has 1 aromatic rings. The van der Waals surface area contributed by atoms with Gasteiger partial charge in [0.2, 0.25) is 11.7 Å². The quantitative estimate of drug-likeness (QED) is 0.487. The lowest BCUT2D eigenvalue weighted by molar-refractivity contribution is -0.387. The summed E-state index contributed by atoms with van der Waals surface area (Å²) in [6.45, 7) is 2.00. The molecule has 8 heteroatoms. The van der Waals surface area contributed by atoms with E-state index in [2.05, 4.69) is 0 Å². The van der Waals surface area contributed by atoms with Gasteiger partial charge in [-0.25, -0.2) is 4.39 Å². The van der Waals surface area contributed by atoms with Gasteiger partial charge >= 0.3 is 5.69 Å². The van der Waals surface area contributed by atoms with Crippen LogP contribution in [0, 0.1) is 27.7 Å². The van der Waals surface area contributed by atoms with Gasteiger partial charge in [0.25, 0.3) is 5.91 Å². The van der Waals surface area contributed by atoms with Crippen LogP contribution in [0.25, 0.3) is 0 Å². The van der Waals surface area contributed by atoms with E-state index in [1.807, 2.05) is 6.92 Å². The molecule has 1 aliphatic rings. The fraction of sp³-hybridized carbons (Fsp3) is 0.385. The molecule has 0 radical (unpaired) electrons. The molecule has 1 aromatic carbocycles. The van der Waals surface area contributed by atoms with Gasteiger partial charge < -0.3 is 0 Å². The second-order valence-corrected chi connectivity index (χ2v) is 4.83. The Hall–Kier alpha value is -2.38. The second kappa shape index (κ2) is 5.55. The summed E-state index contributed by atoms with van der Waals surface area (Å²) in [6.07, 6.45) is 0.867. The number of imide groups is 1. The Balaban J connectivity index is 2.34. The summed E-state index contributed by atoms with van der Waals surface area (Å²) in [6, 6.07) is 0.808. The molecule has 2 rings (SSSR count). The molecule has 0 bridgehead atoms. The Kier molecular flexibility index (Phi) is 3.97. The van der Waals surface area contributed by atoms with Gasteiger partial charge in [-0.05, 0) is 12.0 Å². The maximum atomic E-state index is 13.8. The fourth-order valence-electron chi connectivity index (χ4n) is 2.24. The number of likely N-dealkylation sites (tertiary alicyclic amines) is 1. The molecule has 0 aromatic heterocycles. The maximum Gasteiger partial charge on any atom is 0.307 e. The first-order chi connectivity index (χ1) is 9.85. The van der Waals surface area contributed by atoms with Crippen molar-refractivity contribution >= 4 is 17.5 Å². The number of carbonyl (C=O) groups excluding carboxylic acids is 2. The SMILES string of the molecule is CCC1CC(=O)N(C(=O)c2cc(F)c([N+](=O)[O-])cc2F)C1. The Morgan fingerprint density at radius 3 is 2.62 bits per heavy atom. The van der Waals surface area contributed by atoms with Gasteiger partial charge in [0.15, 0.2) is 0 Å². The van der Waals surface area contributed by atoms with E-state index in [1.54, 1.807) is 0 Å². The first-order valence-electron chi connectivity index (χ1n) is 6.33. The molecule has 1 atom stereocenters. The van der Waals surface area contributed by atoms with E-state index in [0.717, 1.165) is 4.90 Å².